The molecular weight excluding hydrogens is 414 g/mol. The van der Waals surface area contributed by atoms with E-state index in [1.807, 2.05) is 36.5 Å². The molecule has 0 spiro atoms. The van der Waals surface area contributed by atoms with Gasteiger partial charge >= 0.3 is 0 Å². The molecule has 4 aromatic carbocycles. The highest BCUT2D eigenvalue weighted by Crippen LogP contribution is 2.27. The Labute approximate surface area is 201 Å². The minimum Gasteiger partial charge on any atom is -0.383 e. The second-order valence-corrected chi connectivity index (χ2v) is 8.61. The van der Waals surface area contributed by atoms with Gasteiger partial charge in [0, 0.05) is 17.4 Å². The number of benzene rings is 4. The highest BCUT2D eigenvalue weighted by Gasteiger charge is 2.14. The first-order valence-corrected chi connectivity index (χ1v) is 11.5. The lowest BCUT2D eigenvalue weighted by Crippen LogP contribution is -2.15. The third-order valence-corrected chi connectivity index (χ3v) is 6.16. The highest BCUT2D eigenvalue weighted by molar-refractivity contribution is 6.17. The fourth-order valence-corrected chi connectivity index (χ4v) is 4.28. The molecule has 0 fully saturated rings. The van der Waals surface area contributed by atoms with Crippen molar-refractivity contribution in [1.82, 2.24) is 0 Å². The minimum absolute atomic E-state index is 0.509. The second-order valence-electron chi connectivity index (χ2n) is 8.61. The fourth-order valence-electron chi connectivity index (χ4n) is 4.28. The zero-order valence-electron chi connectivity index (χ0n) is 19.3. The van der Waals surface area contributed by atoms with Crippen LogP contribution in [0.5, 0.6) is 0 Å². The number of rotatable bonds is 6. The maximum atomic E-state index is 6.45. The van der Waals surface area contributed by atoms with Crippen LogP contribution in [-0.2, 0) is 6.42 Å². The van der Waals surface area contributed by atoms with Crippen molar-refractivity contribution in [2.45, 2.75) is 13.3 Å². The van der Waals surface area contributed by atoms with Crippen LogP contribution in [0.1, 0.15) is 29.2 Å². The van der Waals surface area contributed by atoms with Crippen molar-refractivity contribution in [2.75, 3.05) is 6.54 Å². The molecule has 0 saturated heterocycles. The van der Waals surface area contributed by atoms with Gasteiger partial charge in [0.1, 0.15) is 5.84 Å². The van der Waals surface area contributed by atoms with Crippen molar-refractivity contribution in [2.24, 2.45) is 15.7 Å². The van der Waals surface area contributed by atoms with Gasteiger partial charge in [0.05, 0.1) is 12.2 Å². The van der Waals surface area contributed by atoms with E-state index in [0.29, 0.717) is 5.84 Å². The monoisotopic (exact) mass is 441 g/mol. The van der Waals surface area contributed by atoms with Crippen LogP contribution < -0.4 is 5.73 Å². The first-order chi connectivity index (χ1) is 16.7. The summed E-state index contributed by atoms with van der Waals surface area (Å²) in [5.41, 5.74) is 16.7. The summed E-state index contributed by atoms with van der Waals surface area (Å²) in [6.45, 7) is 2.86. The Kier molecular flexibility index (Phi) is 6.17. The summed E-state index contributed by atoms with van der Waals surface area (Å²) < 4.78 is 0. The van der Waals surface area contributed by atoms with Crippen LogP contribution in [-0.4, -0.2) is 18.6 Å². The van der Waals surface area contributed by atoms with E-state index in [-0.39, 0.29) is 0 Å². The third kappa shape index (κ3) is 4.74. The number of aliphatic imine (C=N–C) groups is 2. The van der Waals surface area contributed by atoms with Gasteiger partial charge in [-0.1, -0.05) is 91.0 Å². The Morgan fingerprint density at radius 1 is 0.765 bits per heavy atom. The molecule has 3 heteroatoms. The smallest absolute Gasteiger partial charge is 0.131 e. The van der Waals surface area contributed by atoms with Gasteiger partial charge in [0.15, 0.2) is 0 Å². The van der Waals surface area contributed by atoms with Gasteiger partial charge in [-0.05, 0) is 58.9 Å². The molecule has 0 amide bonds. The highest BCUT2D eigenvalue weighted by atomic mass is 14.9. The van der Waals surface area contributed by atoms with E-state index < -0.39 is 0 Å². The average Bonchev–Trinajstić information content (AvgIpc) is 3.31. The molecule has 4 aromatic rings. The van der Waals surface area contributed by atoms with Crippen LogP contribution in [0.25, 0.3) is 16.7 Å². The molecule has 34 heavy (non-hydrogen) atoms. The van der Waals surface area contributed by atoms with Crippen LogP contribution in [0.2, 0.25) is 0 Å². The predicted molar refractivity (Wildman–Crippen MR) is 144 cm³/mol. The van der Waals surface area contributed by atoms with E-state index >= 15 is 0 Å². The van der Waals surface area contributed by atoms with E-state index in [4.69, 9.17) is 10.7 Å². The summed E-state index contributed by atoms with van der Waals surface area (Å²) in [4.78, 5) is 9.10. The molecular formula is C31H27N3. The van der Waals surface area contributed by atoms with Crippen LogP contribution >= 0.6 is 0 Å². The first-order valence-electron chi connectivity index (χ1n) is 11.5. The van der Waals surface area contributed by atoms with E-state index in [1.54, 1.807) is 0 Å². The van der Waals surface area contributed by atoms with Crippen molar-refractivity contribution < 1.29 is 0 Å². The Bertz CT molecular complexity index is 1380. The molecule has 2 N–H and O–H groups in total. The topological polar surface area (TPSA) is 50.7 Å². The SMILES string of the molecule is CC1=C(c2ccccc2C(N)=Nc2ccc(-c3ccc(Cc4ccccc4)cc3)cc2)C=NC1. The van der Waals surface area contributed by atoms with Crippen molar-refractivity contribution in [3.63, 3.8) is 0 Å². The molecule has 0 atom stereocenters. The second kappa shape index (κ2) is 9.72. The van der Waals surface area contributed by atoms with Crippen molar-refractivity contribution in [3.05, 3.63) is 131 Å². The molecule has 0 unspecified atom stereocenters. The van der Waals surface area contributed by atoms with Crippen molar-refractivity contribution >= 4 is 23.3 Å². The number of hydrogen-bond donors (Lipinski definition) is 1. The van der Waals surface area contributed by atoms with Crippen LogP contribution in [0, 0.1) is 0 Å². The van der Waals surface area contributed by atoms with E-state index in [0.717, 1.165) is 40.9 Å². The van der Waals surface area contributed by atoms with Crippen LogP contribution in [0.3, 0.4) is 0 Å². The number of hydrogen-bond acceptors (Lipinski definition) is 2. The van der Waals surface area contributed by atoms with Gasteiger partial charge in [0.25, 0.3) is 0 Å². The Hall–Kier alpha value is -4.24. The number of allylic oxidation sites excluding steroid dienone is 1. The fraction of sp³-hybridized carbons (Fsp3) is 0.0968. The quantitative estimate of drug-likeness (QED) is 0.258. The molecule has 0 aromatic heterocycles. The number of amidine groups is 1. The van der Waals surface area contributed by atoms with E-state index in [1.165, 1.54) is 22.3 Å². The lowest BCUT2D eigenvalue weighted by atomic mass is 9.97. The van der Waals surface area contributed by atoms with E-state index in [9.17, 15) is 0 Å². The van der Waals surface area contributed by atoms with Crippen LogP contribution in [0.15, 0.2) is 119 Å². The van der Waals surface area contributed by atoms with E-state index in [2.05, 4.69) is 84.7 Å². The summed E-state index contributed by atoms with van der Waals surface area (Å²) in [5, 5.41) is 0. The molecule has 1 aliphatic heterocycles. The summed E-state index contributed by atoms with van der Waals surface area (Å²) in [6.07, 6.45) is 2.87. The third-order valence-electron chi connectivity index (χ3n) is 6.16. The Balaban J connectivity index is 1.34. The maximum Gasteiger partial charge on any atom is 0.131 e. The normalized spacial score (nSPS) is 13.5. The molecule has 3 nitrogen and oxygen atoms in total. The van der Waals surface area contributed by atoms with Gasteiger partial charge in [-0.15, -0.1) is 0 Å². The first kappa shape index (κ1) is 21.6. The van der Waals surface area contributed by atoms with Gasteiger partial charge in [0.2, 0.25) is 0 Å². The van der Waals surface area contributed by atoms with Gasteiger partial charge in [-0.3, -0.25) is 4.99 Å². The van der Waals surface area contributed by atoms with Crippen LogP contribution in [0.4, 0.5) is 5.69 Å². The van der Waals surface area contributed by atoms with Crippen molar-refractivity contribution in [3.8, 4) is 11.1 Å². The molecule has 5 rings (SSSR count). The molecule has 0 radical (unpaired) electrons. The summed E-state index contributed by atoms with van der Waals surface area (Å²) >= 11 is 0. The predicted octanol–water partition coefficient (Wildman–Crippen LogP) is 6.84. The lowest BCUT2D eigenvalue weighted by Gasteiger charge is -2.10. The zero-order chi connectivity index (χ0) is 23.3. The maximum absolute atomic E-state index is 6.45. The van der Waals surface area contributed by atoms with Crippen molar-refractivity contribution in [1.29, 1.82) is 0 Å². The Morgan fingerprint density at radius 2 is 1.38 bits per heavy atom. The minimum atomic E-state index is 0.509. The average molecular weight is 442 g/mol. The summed E-state index contributed by atoms with van der Waals surface area (Å²) in [6, 6.07) is 35.7. The van der Waals surface area contributed by atoms with Gasteiger partial charge < -0.3 is 5.73 Å². The Morgan fingerprint density at radius 3 is 2.06 bits per heavy atom. The summed E-state index contributed by atoms with van der Waals surface area (Å²) in [7, 11) is 0. The molecule has 0 saturated carbocycles. The number of nitrogens with zero attached hydrogens (tertiary/aromatic N) is 2. The van der Waals surface area contributed by atoms with Gasteiger partial charge in [-0.25, -0.2) is 4.99 Å². The molecule has 1 aliphatic rings. The number of nitrogens with two attached hydrogens (primary N) is 1. The largest absolute Gasteiger partial charge is 0.383 e. The summed E-state index contributed by atoms with van der Waals surface area (Å²) in [5.74, 6) is 0.509. The lowest BCUT2D eigenvalue weighted by molar-refractivity contribution is 1.18. The molecule has 166 valence electrons. The zero-order valence-corrected chi connectivity index (χ0v) is 19.3. The molecule has 0 aliphatic carbocycles. The molecule has 1 heterocycles. The molecule has 0 bridgehead atoms. The van der Waals surface area contributed by atoms with Gasteiger partial charge in [-0.2, -0.15) is 0 Å². The standard InChI is InChI=1S/C31H27N3/c1-22-20-33-21-30(22)28-9-5-6-10-29(28)31(32)34-27-17-15-26(16-18-27)25-13-11-24(12-14-25)19-23-7-3-2-4-8-23/h2-18,21H,19-20H2,1H3,(H2,32,34).